The summed E-state index contributed by atoms with van der Waals surface area (Å²) < 4.78 is 0. The third-order valence-corrected chi connectivity index (χ3v) is 0.421. The van der Waals surface area contributed by atoms with Crippen LogP contribution < -0.4 is 6.15 Å². The van der Waals surface area contributed by atoms with E-state index in [4.69, 9.17) is 15.3 Å². The van der Waals surface area contributed by atoms with Gasteiger partial charge in [0.1, 0.15) is 6.10 Å². The molecule has 0 saturated heterocycles. The van der Waals surface area contributed by atoms with E-state index in [1.807, 2.05) is 0 Å². The van der Waals surface area contributed by atoms with Gasteiger partial charge in [-0.05, 0) is 0 Å². The summed E-state index contributed by atoms with van der Waals surface area (Å²) >= 11 is 0. The molecular formula is C3H12NO3+. The molecule has 4 nitrogen and oxygen atoms in total. The van der Waals surface area contributed by atoms with Gasteiger partial charge in [-0.2, -0.15) is 0 Å². The Kier molecular flexibility index (Phi) is 8.31. The maximum atomic E-state index is 8.17. The zero-order chi connectivity index (χ0) is 4.99. The lowest BCUT2D eigenvalue weighted by molar-refractivity contribution is 0.0450. The first-order valence-corrected chi connectivity index (χ1v) is 1.71. The minimum atomic E-state index is -0.954. The van der Waals surface area contributed by atoms with Gasteiger partial charge < -0.3 is 21.5 Å². The fourth-order valence-electron chi connectivity index (χ4n) is 0.0577. The van der Waals surface area contributed by atoms with Crippen LogP contribution in [0.1, 0.15) is 0 Å². The summed E-state index contributed by atoms with van der Waals surface area (Å²) in [5, 5.41) is 24.0. The van der Waals surface area contributed by atoms with Crippen molar-refractivity contribution in [2.24, 2.45) is 0 Å². The van der Waals surface area contributed by atoms with Crippen molar-refractivity contribution >= 4 is 0 Å². The molecule has 46 valence electrons. The van der Waals surface area contributed by atoms with Crippen molar-refractivity contribution in [3.05, 3.63) is 0 Å². The quantitative estimate of drug-likeness (QED) is 0.356. The summed E-state index contributed by atoms with van der Waals surface area (Å²) in [5.74, 6) is 0. The predicted molar refractivity (Wildman–Crippen MR) is 26.2 cm³/mol. The van der Waals surface area contributed by atoms with Crippen molar-refractivity contribution in [3.8, 4) is 0 Å². The van der Waals surface area contributed by atoms with Crippen molar-refractivity contribution in [2.45, 2.75) is 6.10 Å². The summed E-state index contributed by atoms with van der Waals surface area (Å²) in [6.45, 7) is -0.729. The maximum Gasteiger partial charge on any atom is 0.100 e. The summed E-state index contributed by atoms with van der Waals surface area (Å²) in [7, 11) is 0. The number of hydrogen-bond acceptors (Lipinski definition) is 3. The molecule has 0 aliphatic carbocycles. The molecule has 0 aliphatic rings. The summed E-state index contributed by atoms with van der Waals surface area (Å²) in [6, 6.07) is 0. The third kappa shape index (κ3) is 5.84. The van der Waals surface area contributed by atoms with Crippen molar-refractivity contribution in [1.82, 2.24) is 6.15 Å². The highest BCUT2D eigenvalue weighted by molar-refractivity contribution is 4.43. The lowest BCUT2D eigenvalue weighted by atomic mass is 10.4. The fraction of sp³-hybridized carbons (Fsp3) is 1.00. The number of aliphatic hydroxyl groups excluding tert-OH is 3. The van der Waals surface area contributed by atoms with Gasteiger partial charge >= 0.3 is 0 Å². The molecular weight excluding hydrogens is 98.0 g/mol. The Morgan fingerprint density at radius 2 is 1.43 bits per heavy atom. The highest BCUT2D eigenvalue weighted by Gasteiger charge is 1.93. The van der Waals surface area contributed by atoms with E-state index < -0.39 is 6.10 Å². The molecule has 0 aromatic carbocycles. The van der Waals surface area contributed by atoms with Gasteiger partial charge in [-0.1, -0.05) is 0 Å². The van der Waals surface area contributed by atoms with Crippen LogP contribution in [0.4, 0.5) is 0 Å². The molecule has 0 rings (SSSR count). The second kappa shape index (κ2) is 5.84. The van der Waals surface area contributed by atoms with Crippen LogP contribution in [0.25, 0.3) is 0 Å². The van der Waals surface area contributed by atoms with Crippen molar-refractivity contribution in [3.63, 3.8) is 0 Å². The van der Waals surface area contributed by atoms with Gasteiger partial charge in [0.25, 0.3) is 0 Å². The van der Waals surface area contributed by atoms with Crippen molar-refractivity contribution in [1.29, 1.82) is 0 Å². The normalized spacial score (nSPS) is 8.57. The molecule has 0 bridgehead atoms. The molecule has 0 fully saturated rings. The Morgan fingerprint density at radius 3 is 1.43 bits per heavy atom. The van der Waals surface area contributed by atoms with Gasteiger partial charge in [0.2, 0.25) is 0 Å². The second-order valence-corrected chi connectivity index (χ2v) is 1.02. The molecule has 0 aliphatic heterocycles. The Morgan fingerprint density at radius 1 is 1.14 bits per heavy atom. The van der Waals surface area contributed by atoms with Crippen molar-refractivity contribution < 1.29 is 15.3 Å². The van der Waals surface area contributed by atoms with Gasteiger partial charge in [-0.15, -0.1) is 0 Å². The van der Waals surface area contributed by atoms with Gasteiger partial charge in [-0.25, -0.2) is 0 Å². The van der Waals surface area contributed by atoms with E-state index in [0.29, 0.717) is 0 Å². The lowest BCUT2D eigenvalue weighted by Crippen LogP contribution is -2.15. The smallest absolute Gasteiger partial charge is 0.100 e. The van der Waals surface area contributed by atoms with E-state index in [9.17, 15) is 0 Å². The zero-order valence-corrected chi connectivity index (χ0v) is 4.33. The van der Waals surface area contributed by atoms with Crippen molar-refractivity contribution in [2.75, 3.05) is 13.2 Å². The lowest BCUT2D eigenvalue weighted by Gasteiger charge is -1.96. The summed E-state index contributed by atoms with van der Waals surface area (Å²) in [4.78, 5) is 0. The number of rotatable bonds is 2. The van der Waals surface area contributed by atoms with E-state index in [1.54, 1.807) is 0 Å². The molecule has 0 unspecified atom stereocenters. The van der Waals surface area contributed by atoms with Crippen LogP contribution in [-0.4, -0.2) is 34.6 Å². The fourth-order valence-corrected chi connectivity index (χ4v) is 0.0577. The topological polar surface area (TPSA) is 97.2 Å². The summed E-state index contributed by atoms with van der Waals surface area (Å²) in [5.41, 5.74) is 0. The molecule has 0 heterocycles. The standard InChI is InChI=1S/C3H8O3.H3N/c4-1-3(6)2-5;/h3-6H,1-2H2;1H3/p+1. The first kappa shape index (κ1) is 9.96. The maximum absolute atomic E-state index is 8.17. The van der Waals surface area contributed by atoms with E-state index in [2.05, 4.69) is 0 Å². The monoisotopic (exact) mass is 110 g/mol. The van der Waals surface area contributed by atoms with Gasteiger partial charge in [0, 0.05) is 0 Å². The van der Waals surface area contributed by atoms with Gasteiger partial charge in [-0.3, -0.25) is 0 Å². The van der Waals surface area contributed by atoms with Crippen LogP contribution in [0, 0.1) is 0 Å². The molecule has 0 aromatic heterocycles. The zero-order valence-electron chi connectivity index (χ0n) is 4.33. The van der Waals surface area contributed by atoms with Gasteiger partial charge in [0.15, 0.2) is 0 Å². The average molecular weight is 110 g/mol. The summed E-state index contributed by atoms with van der Waals surface area (Å²) in [6.07, 6.45) is -0.954. The third-order valence-electron chi connectivity index (χ3n) is 0.421. The Bertz CT molecular complexity index is 29.4. The Labute approximate surface area is 42.0 Å². The van der Waals surface area contributed by atoms with E-state index >= 15 is 0 Å². The Hall–Kier alpha value is -0.160. The molecule has 7 heavy (non-hydrogen) atoms. The van der Waals surface area contributed by atoms with Crippen LogP contribution >= 0.6 is 0 Å². The van der Waals surface area contributed by atoms with E-state index in [0.717, 1.165) is 0 Å². The van der Waals surface area contributed by atoms with E-state index in [-0.39, 0.29) is 19.4 Å². The molecule has 7 N–H and O–H groups in total. The predicted octanol–water partition coefficient (Wildman–Crippen LogP) is -1.29. The van der Waals surface area contributed by atoms with Crippen LogP contribution in [0.2, 0.25) is 0 Å². The molecule has 0 saturated carbocycles. The number of quaternary nitrogens is 1. The van der Waals surface area contributed by atoms with Crippen LogP contribution in [0.5, 0.6) is 0 Å². The van der Waals surface area contributed by atoms with Crippen LogP contribution in [0.15, 0.2) is 0 Å². The SMILES string of the molecule is OCC(O)CO.[NH4+]. The highest BCUT2D eigenvalue weighted by Crippen LogP contribution is 1.71. The Balaban J connectivity index is 0. The number of aliphatic hydroxyl groups is 3. The van der Waals surface area contributed by atoms with Crippen LogP contribution in [-0.2, 0) is 0 Å². The minimum absolute atomic E-state index is 0. The van der Waals surface area contributed by atoms with Crippen LogP contribution in [0.3, 0.4) is 0 Å². The average Bonchev–Trinajstić information content (AvgIpc) is 1.65. The molecule has 4 heteroatoms. The molecule has 0 amide bonds. The second-order valence-electron chi connectivity index (χ2n) is 1.02. The molecule has 0 radical (unpaired) electrons. The molecule has 0 spiro atoms. The van der Waals surface area contributed by atoms with Gasteiger partial charge in [0.05, 0.1) is 13.2 Å². The first-order valence-electron chi connectivity index (χ1n) is 1.71. The first-order chi connectivity index (χ1) is 2.81. The van der Waals surface area contributed by atoms with E-state index in [1.165, 1.54) is 0 Å². The molecule has 0 aromatic rings. The molecule has 0 atom stereocenters. The largest absolute Gasteiger partial charge is 0.394 e. The highest BCUT2D eigenvalue weighted by atomic mass is 16.3. The minimum Gasteiger partial charge on any atom is -0.394 e. The number of hydrogen-bond donors (Lipinski definition) is 4.